The van der Waals surface area contributed by atoms with Crippen molar-refractivity contribution < 1.29 is 27.5 Å². The van der Waals surface area contributed by atoms with Crippen LogP contribution in [0.1, 0.15) is 33.6 Å². The van der Waals surface area contributed by atoms with Crippen LogP contribution in [0.15, 0.2) is 12.2 Å². The molecule has 0 saturated carbocycles. The summed E-state index contributed by atoms with van der Waals surface area (Å²) in [5.74, 6) is -0.323. The molecule has 3 unspecified atom stereocenters. The Hall–Kier alpha value is -0.733. The number of ether oxygens (including phenoxy) is 2. The first kappa shape index (κ1) is 18.6. The van der Waals surface area contributed by atoms with Crippen molar-refractivity contribution in [2.45, 2.75) is 51.9 Å². The fraction of sp³-hybridized carbons (Fsp3) is 0.812. The average molecular weight is 344 g/mol. The van der Waals surface area contributed by atoms with Gasteiger partial charge in [-0.2, -0.15) is 0 Å². The van der Waals surface area contributed by atoms with Crippen LogP contribution in [-0.2, 0) is 27.5 Å². The molecule has 23 heavy (non-hydrogen) atoms. The predicted octanol–water partition coefficient (Wildman–Crippen LogP) is 2.31. The van der Waals surface area contributed by atoms with Crippen molar-refractivity contribution in [3.05, 3.63) is 12.2 Å². The predicted molar refractivity (Wildman–Crippen MR) is 86.9 cm³/mol. The van der Waals surface area contributed by atoms with Crippen LogP contribution in [0.5, 0.6) is 0 Å². The van der Waals surface area contributed by atoms with Gasteiger partial charge in [-0.3, -0.25) is 4.79 Å². The standard InChI is InChI=1S/C16H28O6Si/c1-4-19-23(20-5-2,21-6-3)11-7-10-18-16(17)14-12-13-8-9-15(14)22-13/h8-9,13-15H,4-7,10-12H2,1-3H3. The SMILES string of the molecule is CCO[Si](CCCOC(=O)C1CC2C=CC1O2)(OCC)OCC. The van der Waals surface area contributed by atoms with E-state index in [0.29, 0.717) is 38.9 Å². The number of hydrogen-bond donors (Lipinski definition) is 0. The second-order valence-corrected chi connectivity index (χ2v) is 8.35. The number of carbonyl (C=O) groups is 1. The normalized spacial score (nSPS) is 26.0. The van der Waals surface area contributed by atoms with Gasteiger partial charge in [0.25, 0.3) is 0 Å². The molecule has 6 nitrogen and oxygen atoms in total. The van der Waals surface area contributed by atoms with Gasteiger partial charge in [-0.05, 0) is 33.6 Å². The van der Waals surface area contributed by atoms with Gasteiger partial charge >= 0.3 is 14.8 Å². The molecule has 2 heterocycles. The molecule has 1 saturated heterocycles. The number of fused-ring (bicyclic) bond motifs is 2. The summed E-state index contributed by atoms with van der Waals surface area (Å²) in [6.07, 6.45) is 5.37. The van der Waals surface area contributed by atoms with Crippen molar-refractivity contribution in [1.29, 1.82) is 0 Å². The zero-order valence-electron chi connectivity index (χ0n) is 14.3. The Morgan fingerprint density at radius 1 is 1.13 bits per heavy atom. The molecule has 2 aliphatic rings. The summed E-state index contributed by atoms with van der Waals surface area (Å²) in [6.45, 7) is 7.83. The molecule has 1 fully saturated rings. The molecule has 0 amide bonds. The molecule has 0 aromatic heterocycles. The van der Waals surface area contributed by atoms with Gasteiger partial charge < -0.3 is 22.8 Å². The second kappa shape index (κ2) is 8.94. The minimum atomic E-state index is -2.64. The smallest absolute Gasteiger partial charge is 0.465 e. The number of carbonyl (C=O) groups excluding carboxylic acids is 1. The van der Waals surface area contributed by atoms with Gasteiger partial charge in [0.15, 0.2) is 0 Å². The lowest BCUT2D eigenvalue weighted by atomic mass is 9.95. The van der Waals surface area contributed by atoms with Gasteiger partial charge in [-0.25, -0.2) is 0 Å². The Labute approximate surface area is 139 Å². The quantitative estimate of drug-likeness (QED) is 0.248. The molecule has 0 aromatic carbocycles. The Morgan fingerprint density at radius 2 is 1.78 bits per heavy atom. The fourth-order valence-electron chi connectivity index (χ4n) is 3.07. The Balaban J connectivity index is 1.73. The summed E-state index contributed by atoms with van der Waals surface area (Å²) >= 11 is 0. The van der Waals surface area contributed by atoms with E-state index >= 15 is 0 Å². The maximum atomic E-state index is 12.1. The lowest BCUT2D eigenvalue weighted by Crippen LogP contribution is -2.46. The van der Waals surface area contributed by atoms with Crippen molar-refractivity contribution in [3.63, 3.8) is 0 Å². The van der Waals surface area contributed by atoms with Gasteiger partial charge in [0, 0.05) is 25.9 Å². The van der Waals surface area contributed by atoms with Crippen molar-refractivity contribution >= 4 is 14.8 Å². The second-order valence-electron chi connectivity index (χ2n) is 5.62. The van der Waals surface area contributed by atoms with E-state index in [4.69, 9.17) is 22.8 Å². The Morgan fingerprint density at radius 3 is 2.26 bits per heavy atom. The van der Waals surface area contributed by atoms with Crippen molar-refractivity contribution in [2.24, 2.45) is 5.92 Å². The molecule has 0 N–H and O–H groups in total. The first-order valence-corrected chi connectivity index (χ1v) is 10.5. The first-order chi connectivity index (χ1) is 11.1. The average Bonchev–Trinajstić information content (AvgIpc) is 3.15. The highest BCUT2D eigenvalue weighted by Crippen LogP contribution is 2.34. The van der Waals surface area contributed by atoms with Crippen LogP contribution in [0.25, 0.3) is 0 Å². The van der Waals surface area contributed by atoms with E-state index in [0.717, 1.165) is 6.42 Å². The molecule has 2 aliphatic heterocycles. The summed E-state index contributed by atoms with van der Waals surface area (Å²) in [5.41, 5.74) is 0. The van der Waals surface area contributed by atoms with E-state index in [1.807, 2.05) is 32.9 Å². The zero-order valence-corrected chi connectivity index (χ0v) is 15.3. The van der Waals surface area contributed by atoms with E-state index in [-0.39, 0.29) is 24.1 Å². The maximum Gasteiger partial charge on any atom is 0.501 e. The fourth-order valence-corrected chi connectivity index (χ4v) is 5.65. The lowest BCUT2D eigenvalue weighted by molar-refractivity contribution is -0.149. The van der Waals surface area contributed by atoms with Gasteiger partial charge in [-0.15, -0.1) is 0 Å². The topological polar surface area (TPSA) is 63.2 Å². The number of esters is 1. The van der Waals surface area contributed by atoms with E-state index in [2.05, 4.69) is 0 Å². The minimum absolute atomic E-state index is 0.0893. The molecule has 0 aromatic rings. The van der Waals surface area contributed by atoms with Crippen LogP contribution in [-0.4, -0.2) is 53.4 Å². The van der Waals surface area contributed by atoms with Crippen LogP contribution < -0.4 is 0 Å². The lowest BCUT2D eigenvalue weighted by Gasteiger charge is -2.28. The van der Waals surface area contributed by atoms with Crippen LogP contribution >= 0.6 is 0 Å². The minimum Gasteiger partial charge on any atom is -0.465 e. The summed E-state index contributed by atoms with van der Waals surface area (Å²) in [4.78, 5) is 12.1. The largest absolute Gasteiger partial charge is 0.501 e. The highest BCUT2D eigenvalue weighted by atomic mass is 28.4. The van der Waals surface area contributed by atoms with Crippen molar-refractivity contribution in [2.75, 3.05) is 26.4 Å². The third-order valence-corrected chi connectivity index (χ3v) is 7.15. The molecule has 0 radical (unpaired) electrons. The van der Waals surface area contributed by atoms with E-state index < -0.39 is 8.80 Å². The van der Waals surface area contributed by atoms with Gasteiger partial charge in [0.05, 0.1) is 24.7 Å². The monoisotopic (exact) mass is 344 g/mol. The van der Waals surface area contributed by atoms with E-state index in [1.165, 1.54) is 0 Å². The highest BCUT2D eigenvalue weighted by Gasteiger charge is 2.42. The molecule has 0 aliphatic carbocycles. The van der Waals surface area contributed by atoms with E-state index in [1.54, 1.807) is 0 Å². The van der Waals surface area contributed by atoms with Crippen molar-refractivity contribution in [1.82, 2.24) is 0 Å². The summed E-state index contributed by atoms with van der Waals surface area (Å²) < 4.78 is 28.4. The summed E-state index contributed by atoms with van der Waals surface area (Å²) in [5, 5.41) is 0. The summed E-state index contributed by atoms with van der Waals surface area (Å²) in [6, 6.07) is 0.656. The zero-order chi connectivity index (χ0) is 16.7. The molecule has 132 valence electrons. The van der Waals surface area contributed by atoms with Crippen LogP contribution in [0, 0.1) is 5.92 Å². The highest BCUT2D eigenvalue weighted by molar-refractivity contribution is 6.60. The van der Waals surface area contributed by atoms with Gasteiger partial charge in [-0.1, -0.05) is 12.2 Å². The molecule has 2 rings (SSSR count). The third-order valence-electron chi connectivity index (χ3n) is 4.00. The van der Waals surface area contributed by atoms with Crippen LogP contribution in [0.3, 0.4) is 0 Å². The number of hydrogen-bond acceptors (Lipinski definition) is 6. The molecule has 3 atom stereocenters. The van der Waals surface area contributed by atoms with Gasteiger partial charge in [0.2, 0.25) is 0 Å². The molecule has 2 bridgehead atoms. The molecular weight excluding hydrogens is 316 g/mol. The Kier molecular flexibility index (Phi) is 7.23. The van der Waals surface area contributed by atoms with Gasteiger partial charge in [0.1, 0.15) is 0 Å². The first-order valence-electron chi connectivity index (χ1n) is 8.56. The summed E-state index contributed by atoms with van der Waals surface area (Å²) in [7, 11) is -2.64. The van der Waals surface area contributed by atoms with Crippen LogP contribution in [0.4, 0.5) is 0 Å². The molecular formula is C16H28O6Si. The molecule has 0 spiro atoms. The molecule has 7 heteroatoms. The Bertz CT molecular complexity index is 396. The van der Waals surface area contributed by atoms with Crippen LogP contribution in [0.2, 0.25) is 6.04 Å². The van der Waals surface area contributed by atoms with E-state index in [9.17, 15) is 4.79 Å². The maximum absolute atomic E-state index is 12.1. The number of rotatable bonds is 11. The van der Waals surface area contributed by atoms with Crippen molar-refractivity contribution in [3.8, 4) is 0 Å². The third kappa shape index (κ3) is 4.87.